The average Bonchev–Trinajstić information content (AvgIpc) is 2.68. The van der Waals surface area contributed by atoms with Gasteiger partial charge in [-0.3, -0.25) is 9.78 Å². The summed E-state index contributed by atoms with van der Waals surface area (Å²) in [6.45, 7) is 1.92. The van der Waals surface area contributed by atoms with Crippen LogP contribution >= 0.6 is 0 Å². The van der Waals surface area contributed by atoms with E-state index in [1.807, 2.05) is 43.3 Å². The number of nitrogens with one attached hydrogen (secondary N) is 1. The Bertz CT molecular complexity index is 908. The van der Waals surface area contributed by atoms with Gasteiger partial charge in [0.2, 0.25) is 11.9 Å². The molecule has 0 spiro atoms. The molecule has 1 unspecified atom stereocenters. The maximum Gasteiger partial charge on any atom is 0.244 e. The molecule has 2 aromatic heterocycles. The molecule has 0 aliphatic rings. The van der Waals surface area contributed by atoms with Crippen molar-refractivity contribution in [2.24, 2.45) is 0 Å². The second kappa shape index (κ2) is 8.16. The summed E-state index contributed by atoms with van der Waals surface area (Å²) in [6, 6.07) is 14.2. The van der Waals surface area contributed by atoms with E-state index in [9.17, 15) is 9.18 Å². The minimum absolute atomic E-state index is 0.169. The molecule has 5 heteroatoms. The van der Waals surface area contributed by atoms with Crippen LogP contribution < -0.4 is 5.32 Å². The van der Waals surface area contributed by atoms with Crippen molar-refractivity contribution in [1.82, 2.24) is 15.3 Å². The Labute approximate surface area is 151 Å². The predicted molar refractivity (Wildman–Crippen MR) is 99.5 cm³/mol. The molecular formula is C21H18FN3O. The molecule has 3 aromatic rings. The molecule has 0 bridgehead atoms. The van der Waals surface area contributed by atoms with Crippen molar-refractivity contribution < 1.29 is 9.18 Å². The van der Waals surface area contributed by atoms with E-state index in [1.165, 1.54) is 18.3 Å². The first-order valence-electron chi connectivity index (χ1n) is 8.22. The third-order valence-electron chi connectivity index (χ3n) is 3.94. The van der Waals surface area contributed by atoms with Crippen LogP contribution in [0.5, 0.6) is 0 Å². The molecule has 0 aliphatic heterocycles. The molecule has 1 N–H and O–H groups in total. The van der Waals surface area contributed by atoms with Gasteiger partial charge in [-0.25, -0.2) is 4.98 Å². The Morgan fingerprint density at radius 1 is 1.12 bits per heavy atom. The number of amides is 1. The molecule has 26 heavy (non-hydrogen) atoms. The van der Waals surface area contributed by atoms with E-state index in [1.54, 1.807) is 24.5 Å². The van der Waals surface area contributed by atoms with Gasteiger partial charge in [0, 0.05) is 30.2 Å². The Balaban J connectivity index is 1.69. The number of carbonyl (C=O) groups excluding carboxylic acids is 1. The Morgan fingerprint density at radius 3 is 2.65 bits per heavy atom. The minimum atomic E-state index is -0.508. The zero-order chi connectivity index (χ0) is 18.4. The van der Waals surface area contributed by atoms with Crippen LogP contribution in [0.1, 0.15) is 24.1 Å². The standard InChI is InChI=1S/C21H18FN3O/c1-15(25-21(26)8-5-16-9-11-23-12-10-16)17-3-2-4-18(13-17)19-6-7-20(22)24-14-19/h2-15H,1H3,(H,25,26)/b8-5+. The van der Waals surface area contributed by atoms with E-state index in [0.29, 0.717) is 0 Å². The molecule has 0 fully saturated rings. The average molecular weight is 347 g/mol. The van der Waals surface area contributed by atoms with Crippen LogP contribution in [0.2, 0.25) is 0 Å². The molecule has 4 nitrogen and oxygen atoms in total. The molecule has 3 rings (SSSR count). The second-order valence-electron chi connectivity index (χ2n) is 5.84. The van der Waals surface area contributed by atoms with Crippen molar-refractivity contribution in [3.63, 3.8) is 0 Å². The lowest BCUT2D eigenvalue weighted by atomic mass is 10.0. The van der Waals surface area contributed by atoms with Gasteiger partial charge in [-0.15, -0.1) is 0 Å². The number of hydrogen-bond acceptors (Lipinski definition) is 3. The fourth-order valence-electron chi connectivity index (χ4n) is 2.53. The number of hydrogen-bond donors (Lipinski definition) is 1. The normalized spacial score (nSPS) is 12.1. The number of nitrogens with zero attached hydrogens (tertiary/aromatic N) is 2. The van der Waals surface area contributed by atoms with Gasteiger partial charge in [0.05, 0.1) is 6.04 Å². The van der Waals surface area contributed by atoms with E-state index in [4.69, 9.17) is 0 Å². The zero-order valence-electron chi connectivity index (χ0n) is 14.3. The molecule has 2 heterocycles. The summed E-state index contributed by atoms with van der Waals surface area (Å²) in [5.41, 5.74) is 3.61. The first-order valence-corrected chi connectivity index (χ1v) is 8.22. The first kappa shape index (κ1) is 17.5. The van der Waals surface area contributed by atoms with Crippen molar-refractivity contribution in [3.05, 3.63) is 90.3 Å². The minimum Gasteiger partial charge on any atom is -0.346 e. The van der Waals surface area contributed by atoms with E-state index >= 15 is 0 Å². The highest BCUT2D eigenvalue weighted by molar-refractivity contribution is 5.91. The summed E-state index contributed by atoms with van der Waals surface area (Å²) in [4.78, 5) is 19.7. The fourth-order valence-corrected chi connectivity index (χ4v) is 2.53. The van der Waals surface area contributed by atoms with Crippen LogP contribution in [0, 0.1) is 5.95 Å². The lowest BCUT2D eigenvalue weighted by Gasteiger charge is -2.14. The highest BCUT2D eigenvalue weighted by atomic mass is 19.1. The number of benzene rings is 1. The quantitative estimate of drug-likeness (QED) is 0.557. The predicted octanol–water partition coefficient (Wildman–Crippen LogP) is 4.17. The van der Waals surface area contributed by atoms with E-state index in [-0.39, 0.29) is 11.9 Å². The Hall–Kier alpha value is -3.34. The summed E-state index contributed by atoms with van der Waals surface area (Å²) < 4.78 is 13.0. The van der Waals surface area contributed by atoms with Crippen molar-refractivity contribution in [1.29, 1.82) is 0 Å². The highest BCUT2D eigenvalue weighted by Crippen LogP contribution is 2.22. The van der Waals surface area contributed by atoms with Crippen molar-refractivity contribution in [2.45, 2.75) is 13.0 Å². The molecular weight excluding hydrogens is 329 g/mol. The maximum absolute atomic E-state index is 13.0. The van der Waals surface area contributed by atoms with Crippen molar-refractivity contribution >= 4 is 12.0 Å². The van der Waals surface area contributed by atoms with Crippen LogP contribution in [0.3, 0.4) is 0 Å². The van der Waals surface area contributed by atoms with Crippen LogP contribution in [-0.2, 0) is 4.79 Å². The van der Waals surface area contributed by atoms with Gasteiger partial charge in [-0.2, -0.15) is 4.39 Å². The molecule has 130 valence electrons. The van der Waals surface area contributed by atoms with Crippen molar-refractivity contribution in [2.75, 3.05) is 0 Å². The van der Waals surface area contributed by atoms with E-state index in [0.717, 1.165) is 22.3 Å². The summed E-state index contributed by atoms with van der Waals surface area (Å²) in [7, 11) is 0. The number of carbonyl (C=O) groups is 1. The maximum atomic E-state index is 13.0. The zero-order valence-corrected chi connectivity index (χ0v) is 14.3. The Morgan fingerprint density at radius 2 is 1.92 bits per heavy atom. The third kappa shape index (κ3) is 4.60. The van der Waals surface area contributed by atoms with Gasteiger partial charge in [-0.1, -0.05) is 18.2 Å². The molecule has 0 aliphatic carbocycles. The second-order valence-corrected chi connectivity index (χ2v) is 5.84. The summed E-state index contributed by atoms with van der Waals surface area (Å²) >= 11 is 0. The van der Waals surface area contributed by atoms with Gasteiger partial charge in [-0.05, 0) is 60.0 Å². The largest absolute Gasteiger partial charge is 0.346 e. The van der Waals surface area contributed by atoms with Crippen LogP contribution in [0.15, 0.2) is 73.2 Å². The Kier molecular flexibility index (Phi) is 5.49. The summed E-state index contributed by atoms with van der Waals surface area (Å²) in [5.74, 6) is -0.685. The van der Waals surface area contributed by atoms with Crippen LogP contribution in [-0.4, -0.2) is 15.9 Å². The van der Waals surface area contributed by atoms with Gasteiger partial charge in [0.15, 0.2) is 0 Å². The molecule has 1 atom stereocenters. The topological polar surface area (TPSA) is 54.9 Å². The molecule has 0 saturated carbocycles. The third-order valence-corrected chi connectivity index (χ3v) is 3.94. The highest BCUT2D eigenvalue weighted by Gasteiger charge is 2.09. The fraction of sp³-hybridized carbons (Fsp3) is 0.0952. The number of pyridine rings is 2. The summed E-state index contributed by atoms with van der Waals surface area (Å²) in [5, 5.41) is 2.94. The number of aromatic nitrogens is 2. The van der Waals surface area contributed by atoms with Crippen molar-refractivity contribution in [3.8, 4) is 11.1 Å². The number of halogens is 1. The van der Waals surface area contributed by atoms with E-state index in [2.05, 4.69) is 15.3 Å². The summed E-state index contributed by atoms with van der Waals surface area (Å²) in [6.07, 6.45) is 8.09. The SMILES string of the molecule is CC(NC(=O)/C=C/c1ccncc1)c1cccc(-c2ccc(F)nc2)c1. The smallest absolute Gasteiger partial charge is 0.244 e. The molecule has 0 saturated heterocycles. The van der Waals surface area contributed by atoms with Gasteiger partial charge in [0.25, 0.3) is 0 Å². The number of rotatable bonds is 5. The molecule has 0 radical (unpaired) electrons. The van der Waals surface area contributed by atoms with Crippen LogP contribution in [0.25, 0.3) is 17.2 Å². The monoisotopic (exact) mass is 347 g/mol. The molecule has 1 aromatic carbocycles. The van der Waals surface area contributed by atoms with Crippen LogP contribution in [0.4, 0.5) is 4.39 Å². The van der Waals surface area contributed by atoms with Gasteiger partial charge >= 0.3 is 0 Å². The first-order chi connectivity index (χ1) is 12.6. The van der Waals surface area contributed by atoms with Gasteiger partial charge in [0.1, 0.15) is 0 Å². The van der Waals surface area contributed by atoms with E-state index < -0.39 is 5.95 Å². The lowest BCUT2D eigenvalue weighted by Crippen LogP contribution is -2.24. The van der Waals surface area contributed by atoms with Gasteiger partial charge < -0.3 is 5.32 Å². The lowest BCUT2D eigenvalue weighted by molar-refractivity contribution is -0.117. The molecule has 1 amide bonds.